The van der Waals surface area contributed by atoms with Crippen LogP contribution in [0.5, 0.6) is 0 Å². The van der Waals surface area contributed by atoms with Crippen molar-refractivity contribution in [1.82, 2.24) is 20.2 Å². The minimum Gasteiger partial charge on any atom is -0.476 e. The third-order valence-electron chi connectivity index (χ3n) is 5.88. The highest BCUT2D eigenvalue weighted by atomic mass is 16.5. The number of alkyl carbamates (subject to hydrolysis) is 1. The minimum atomic E-state index is -1.12. The topological polar surface area (TPSA) is 123 Å². The number of benzene rings is 2. The molecule has 0 bridgehead atoms. The average Bonchev–Trinajstić information content (AvgIpc) is 3.46. The average molecular weight is 475 g/mol. The molecule has 35 heavy (non-hydrogen) atoms. The summed E-state index contributed by atoms with van der Waals surface area (Å²) in [4.78, 5) is 39.8. The number of hydrogen-bond acceptors (Lipinski definition) is 5. The number of carbonyl (C=O) groups is 3. The summed E-state index contributed by atoms with van der Waals surface area (Å²) in [5.74, 6) is -1.59. The SMILES string of the molecule is C=CCC(NC(=O)OCC1c2ccccc2-c2ccccc21)C(=O)NCCn1cnc(C(=O)O)c1. The first-order valence-corrected chi connectivity index (χ1v) is 11.2. The van der Waals surface area contributed by atoms with Crippen molar-refractivity contribution in [3.63, 3.8) is 0 Å². The number of nitrogens with one attached hydrogen (secondary N) is 2. The number of nitrogens with zero attached hydrogens (tertiary/aromatic N) is 2. The van der Waals surface area contributed by atoms with Gasteiger partial charge in [-0.15, -0.1) is 6.58 Å². The van der Waals surface area contributed by atoms with Crippen molar-refractivity contribution < 1.29 is 24.2 Å². The van der Waals surface area contributed by atoms with Crippen LogP contribution in [0.3, 0.4) is 0 Å². The Morgan fingerprint density at radius 3 is 2.37 bits per heavy atom. The van der Waals surface area contributed by atoms with Crippen molar-refractivity contribution in [2.24, 2.45) is 0 Å². The van der Waals surface area contributed by atoms with E-state index in [-0.39, 0.29) is 31.2 Å². The lowest BCUT2D eigenvalue weighted by atomic mass is 9.98. The van der Waals surface area contributed by atoms with E-state index in [0.29, 0.717) is 6.54 Å². The van der Waals surface area contributed by atoms with E-state index < -0.39 is 24.0 Å². The molecule has 0 saturated heterocycles. The second-order valence-corrected chi connectivity index (χ2v) is 8.14. The van der Waals surface area contributed by atoms with Crippen molar-refractivity contribution in [2.45, 2.75) is 24.9 Å². The molecule has 1 aliphatic rings. The van der Waals surface area contributed by atoms with Gasteiger partial charge in [0, 0.05) is 25.2 Å². The van der Waals surface area contributed by atoms with Crippen LogP contribution in [0.1, 0.15) is 34.0 Å². The molecule has 4 rings (SSSR count). The Labute approximate surface area is 202 Å². The molecule has 0 radical (unpaired) electrons. The first kappa shape index (κ1) is 23.7. The monoisotopic (exact) mass is 474 g/mol. The third kappa shape index (κ3) is 5.40. The number of imidazole rings is 1. The smallest absolute Gasteiger partial charge is 0.407 e. The Bertz CT molecular complexity index is 1210. The number of carboxylic acid groups (broad SMARTS) is 1. The summed E-state index contributed by atoms with van der Waals surface area (Å²) in [5.41, 5.74) is 4.40. The molecule has 2 amide bonds. The Kier molecular flexibility index (Phi) is 7.25. The van der Waals surface area contributed by atoms with Crippen molar-refractivity contribution in [2.75, 3.05) is 13.2 Å². The lowest BCUT2D eigenvalue weighted by molar-refractivity contribution is -0.123. The minimum absolute atomic E-state index is 0.0715. The summed E-state index contributed by atoms with van der Waals surface area (Å²) in [7, 11) is 0. The predicted octanol–water partition coefficient (Wildman–Crippen LogP) is 3.18. The van der Waals surface area contributed by atoms with Gasteiger partial charge in [0.25, 0.3) is 0 Å². The van der Waals surface area contributed by atoms with Gasteiger partial charge in [-0.2, -0.15) is 0 Å². The number of aromatic nitrogens is 2. The van der Waals surface area contributed by atoms with Crippen LogP contribution in [0, 0.1) is 0 Å². The van der Waals surface area contributed by atoms with Crippen LogP contribution >= 0.6 is 0 Å². The molecule has 1 aromatic heterocycles. The molecular formula is C26H26N4O5. The van der Waals surface area contributed by atoms with Crippen molar-refractivity contribution in [3.8, 4) is 11.1 Å². The maximum absolute atomic E-state index is 12.6. The van der Waals surface area contributed by atoms with Gasteiger partial charge in [0.1, 0.15) is 12.6 Å². The number of amides is 2. The second kappa shape index (κ2) is 10.7. The molecule has 9 heteroatoms. The molecule has 0 saturated carbocycles. The number of aromatic carboxylic acids is 1. The van der Waals surface area contributed by atoms with E-state index in [4.69, 9.17) is 9.84 Å². The number of carboxylic acids is 1. The number of rotatable bonds is 10. The van der Waals surface area contributed by atoms with Gasteiger partial charge < -0.3 is 25.0 Å². The fraction of sp³-hybridized carbons (Fsp3) is 0.231. The molecule has 2 aromatic carbocycles. The summed E-state index contributed by atoms with van der Waals surface area (Å²) in [6, 6.07) is 15.3. The highest BCUT2D eigenvalue weighted by Gasteiger charge is 2.29. The first-order chi connectivity index (χ1) is 17.0. The van der Waals surface area contributed by atoms with E-state index in [2.05, 4.69) is 34.3 Å². The molecule has 9 nitrogen and oxygen atoms in total. The summed E-state index contributed by atoms with van der Waals surface area (Å²) in [5, 5.41) is 14.3. The van der Waals surface area contributed by atoms with Gasteiger partial charge in [0.05, 0.1) is 6.33 Å². The van der Waals surface area contributed by atoms with E-state index in [0.717, 1.165) is 22.3 Å². The second-order valence-electron chi connectivity index (χ2n) is 8.14. The molecule has 1 unspecified atom stereocenters. The van der Waals surface area contributed by atoms with Gasteiger partial charge in [0.15, 0.2) is 5.69 Å². The first-order valence-electron chi connectivity index (χ1n) is 11.2. The van der Waals surface area contributed by atoms with Crippen molar-refractivity contribution in [1.29, 1.82) is 0 Å². The highest BCUT2D eigenvalue weighted by Crippen LogP contribution is 2.44. The van der Waals surface area contributed by atoms with E-state index in [1.54, 1.807) is 10.6 Å². The molecule has 0 aliphatic heterocycles. The van der Waals surface area contributed by atoms with Crippen LogP contribution < -0.4 is 10.6 Å². The van der Waals surface area contributed by atoms with Gasteiger partial charge in [0.2, 0.25) is 5.91 Å². The van der Waals surface area contributed by atoms with Crippen molar-refractivity contribution in [3.05, 3.63) is 90.5 Å². The predicted molar refractivity (Wildman–Crippen MR) is 129 cm³/mol. The van der Waals surface area contributed by atoms with Gasteiger partial charge in [-0.05, 0) is 28.7 Å². The molecule has 1 heterocycles. The Morgan fingerprint density at radius 2 is 1.77 bits per heavy atom. The molecular weight excluding hydrogens is 448 g/mol. The zero-order valence-electron chi connectivity index (χ0n) is 19.0. The fourth-order valence-electron chi connectivity index (χ4n) is 4.20. The van der Waals surface area contributed by atoms with Crippen LogP contribution in [0.2, 0.25) is 0 Å². The quantitative estimate of drug-likeness (QED) is 0.388. The molecule has 0 fully saturated rings. The molecule has 180 valence electrons. The van der Waals surface area contributed by atoms with Gasteiger partial charge >= 0.3 is 12.1 Å². The standard InChI is InChI=1S/C26H26N4O5/c1-2-7-22(24(31)27-12-13-30-14-23(25(32)33)28-16-30)29-26(34)35-15-21-19-10-5-3-8-17(19)18-9-4-6-11-20(18)21/h2-6,8-11,14,16,21-22H,1,7,12-13,15H2,(H,27,31)(H,29,34)(H,32,33). The van der Waals surface area contributed by atoms with Gasteiger partial charge in [-0.1, -0.05) is 54.6 Å². The van der Waals surface area contributed by atoms with Gasteiger partial charge in [-0.25, -0.2) is 14.6 Å². The lowest BCUT2D eigenvalue weighted by Crippen LogP contribution is -2.47. The van der Waals surface area contributed by atoms with E-state index in [1.807, 2.05) is 36.4 Å². The number of fused-ring (bicyclic) bond motifs is 3. The summed E-state index contributed by atoms with van der Waals surface area (Å²) >= 11 is 0. The highest BCUT2D eigenvalue weighted by molar-refractivity contribution is 5.86. The van der Waals surface area contributed by atoms with Crippen LogP contribution in [0.15, 0.2) is 73.7 Å². The van der Waals surface area contributed by atoms with Gasteiger partial charge in [-0.3, -0.25) is 4.79 Å². The maximum Gasteiger partial charge on any atom is 0.407 e. The van der Waals surface area contributed by atoms with Crippen LogP contribution in [-0.4, -0.2) is 51.8 Å². The third-order valence-corrected chi connectivity index (χ3v) is 5.88. The Balaban J connectivity index is 1.31. The zero-order chi connectivity index (χ0) is 24.8. The van der Waals surface area contributed by atoms with E-state index in [9.17, 15) is 14.4 Å². The normalized spacial score (nSPS) is 12.8. The summed E-state index contributed by atoms with van der Waals surface area (Å²) < 4.78 is 7.09. The van der Waals surface area contributed by atoms with Crippen LogP contribution in [-0.2, 0) is 16.1 Å². The summed E-state index contributed by atoms with van der Waals surface area (Å²) in [6.07, 6.45) is 3.85. The molecule has 3 aromatic rings. The summed E-state index contributed by atoms with van der Waals surface area (Å²) in [6.45, 7) is 4.37. The van der Waals surface area contributed by atoms with Crippen molar-refractivity contribution >= 4 is 18.0 Å². The molecule has 3 N–H and O–H groups in total. The molecule has 0 spiro atoms. The lowest BCUT2D eigenvalue weighted by Gasteiger charge is -2.19. The zero-order valence-corrected chi connectivity index (χ0v) is 19.0. The fourth-order valence-corrected chi connectivity index (χ4v) is 4.20. The van der Waals surface area contributed by atoms with E-state index in [1.165, 1.54) is 12.5 Å². The van der Waals surface area contributed by atoms with E-state index >= 15 is 0 Å². The van der Waals surface area contributed by atoms with Crippen LogP contribution in [0.25, 0.3) is 11.1 Å². The Hall–Kier alpha value is -4.40. The molecule has 1 aliphatic carbocycles. The van der Waals surface area contributed by atoms with Crippen LogP contribution in [0.4, 0.5) is 4.79 Å². The molecule has 1 atom stereocenters. The maximum atomic E-state index is 12.6. The number of ether oxygens (including phenoxy) is 1. The largest absolute Gasteiger partial charge is 0.476 e. The number of carbonyl (C=O) groups excluding carboxylic acids is 2. The Morgan fingerprint density at radius 1 is 1.11 bits per heavy atom. The number of hydrogen-bond donors (Lipinski definition) is 3.